The predicted molar refractivity (Wildman–Crippen MR) is 92.0 cm³/mol. The van der Waals surface area contributed by atoms with Crippen molar-refractivity contribution in [3.8, 4) is 0 Å². The van der Waals surface area contributed by atoms with E-state index in [1.807, 2.05) is 24.4 Å². The largest absolute Gasteiger partial charge is 0.397 e. The normalized spacial score (nSPS) is 11.0. The second-order valence-electron chi connectivity index (χ2n) is 4.53. The standard InChI is InChI=1S/C14H12BrN3OS2/c1-7-2-4-17-14-10(7)11(16)12(21-14)13(19)18-6-9-8(15)3-5-20-9/h2-5H,6,16H2,1H3,(H,18,19). The maximum atomic E-state index is 12.3. The minimum Gasteiger partial charge on any atom is -0.397 e. The molecular formula is C14H12BrN3OS2. The highest BCUT2D eigenvalue weighted by molar-refractivity contribution is 9.10. The van der Waals surface area contributed by atoms with Crippen molar-refractivity contribution >= 4 is 60.4 Å². The van der Waals surface area contributed by atoms with Crippen LogP contribution >= 0.6 is 38.6 Å². The van der Waals surface area contributed by atoms with Crippen molar-refractivity contribution in [1.82, 2.24) is 10.3 Å². The van der Waals surface area contributed by atoms with Crippen molar-refractivity contribution in [2.24, 2.45) is 0 Å². The first-order valence-electron chi connectivity index (χ1n) is 6.21. The highest BCUT2D eigenvalue weighted by Crippen LogP contribution is 2.34. The van der Waals surface area contributed by atoms with E-state index in [1.165, 1.54) is 11.3 Å². The molecule has 7 heteroatoms. The fourth-order valence-electron chi connectivity index (χ4n) is 2.06. The van der Waals surface area contributed by atoms with Crippen molar-refractivity contribution in [2.75, 3.05) is 5.73 Å². The van der Waals surface area contributed by atoms with Gasteiger partial charge in [0.1, 0.15) is 9.71 Å². The molecule has 0 unspecified atom stereocenters. The number of anilines is 1. The third-order valence-electron chi connectivity index (χ3n) is 3.14. The van der Waals surface area contributed by atoms with Crippen LogP contribution < -0.4 is 11.1 Å². The number of nitrogens with two attached hydrogens (primary N) is 1. The summed E-state index contributed by atoms with van der Waals surface area (Å²) in [6.45, 7) is 2.45. The minimum absolute atomic E-state index is 0.157. The number of hydrogen-bond donors (Lipinski definition) is 2. The van der Waals surface area contributed by atoms with Gasteiger partial charge in [-0.2, -0.15) is 0 Å². The van der Waals surface area contributed by atoms with E-state index in [0.717, 1.165) is 25.1 Å². The van der Waals surface area contributed by atoms with Crippen molar-refractivity contribution < 1.29 is 4.79 Å². The number of aromatic nitrogens is 1. The van der Waals surface area contributed by atoms with E-state index in [4.69, 9.17) is 5.73 Å². The Morgan fingerprint density at radius 1 is 1.48 bits per heavy atom. The van der Waals surface area contributed by atoms with Gasteiger partial charge >= 0.3 is 0 Å². The molecule has 0 aliphatic carbocycles. The molecule has 108 valence electrons. The van der Waals surface area contributed by atoms with E-state index in [2.05, 4.69) is 26.2 Å². The number of thiophene rings is 2. The van der Waals surface area contributed by atoms with Crippen LogP contribution in [0.2, 0.25) is 0 Å². The monoisotopic (exact) mass is 381 g/mol. The Hall–Kier alpha value is -1.44. The number of nitrogen functional groups attached to an aromatic ring is 1. The molecule has 4 nitrogen and oxygen atoms in total. The summed E-state index contributed by atoms with van der Waals surface area (Å²) in [5.41, 5.74) is 7.68. The summed E-state index contributed by atoms with van der Waals surface area (Å²) >= 11 is 6.38. The number of halogens is 1. The second-order valence-corrected chi connectivity index (χ2v) is 7.38. The molecule has 0 fully saturated rings. The first-order valence-corrected chi connectivity index (χ1v) is 8.70. The Balaban J connectivity index is 1.87. The molecular weight excluding hydrogens is 370 g/mol. The van der Waals surface area contributed by atoms with Crippen molar-refractivity contribution in [1.29, 1.82) is 0 Å². The molecule has 0 aromatic carbocycles. The van der Waals surface area contributed by atoms with Gasteiger partial charge < -0.3 is 11.1 Å². The smallest absolute Gasteiger partial charge is 0.263 e. The van der Waals surface area contributed by atoms with Crippen LogP contribution in [0.25, 0.3) is 10.2 Å². The molecule has 0 radical (unpaired) electrons. The lowest BCUT2D eigenvalue weighted by Gasteiger charge is -2.03. The van der Waals surface area contributed by atoms with Crippen LogP contribution in [0.3, 0.4) is 0 Å². The quantitative estimate of drug-likeness (QED) is 0.721. The number of carbonyl (C=O) groups excluding carboxylic acids is 1. The maximum Gasteiger partial charge on any atom is 0.263 e. The van der Waals surface area contributed by atoms with E-state index >= 15 is 0 Å². The molecule has 3 N–H and O–H groups in total. The lowest BCUT2D eigenvalue weighted by molar-refractivity contribution is 0.0956. The maximum absolute atomic E-state index is 12.3. The summed E-state index contributed by atoms with van der Waals surface area (Å²) < 4.78 is 1.01. The summed E-state index contributed by atoms with van der Waals surface area (Å²) in [5.74, 6) is -0.157. The summed E-state index contributed by atoms with van der Waals surface area (Å²) in [5, 5.41) is 5.77. The number of nitrogens with zero attached hydrogens (tertiary/aromatic N) is 1. The molecule has 3 aromatic rings. The van der Waals surface area contributed by atoms with Crippen LogP contribution in [0.1, 0.15) is 20.1 Å². The number of amides is 1. The van der Waals surface area contributed by atoms with E-state index < -0.39 is 0 Å². The topological polar surface area (TPSA) is 68.0 Å². The van der Waals surface area contributed by atoms with Crippen LogP contribution in [-0.2, 0) is 6.54 Å². The van der Waals surface area contributed by atoms with Crippen molar-refractivity contribution in [2.45, 2.75) is 13.5 Å². The van der Waals surface area contributed by atoms with Crippen LogP contribution in [-0.4, -0.2) is 10.9 Å². The van der Waals surface area contributed by atoms with Gasteiger partial charge in [0.25, 0.3) is 5.91 Å². The van der Waals surface area contributed by atoms with Gasteiger partial charge in [0.15, 0.2) is 0 Å². The SMILES string of the molecule is Cc1ccnc2sc(C(=O)NCc3sccc3Br)c(N)c12. The molecule has 0 saturated carbocycles. The van der Waals surface area contributed by atoms with Crippen molar-refractivity contribution in [3.63, 3.8) is 0 Å². The third-order valence-corrected chi connectivity index (χ3v) is 6.18. The first-order chi connectivity index (χ1) is 10.1. The average Bonchev–Trinajstić information content (AvgIpc) is 3.01. The minimum atomic E-state index is -0.157. The molecule has 3 aromatic heterocycles. The van der Waals surface area contributed by atoms with E-state index in [-0.39, 0.29) is 5.91 Å². The van der Waals surface area contributed by atoms with Gasteiger partial charge in [-0.05, 0) is 45.9 Å². The summed E-state index contributed by atoms with van der Waals surface area (Å²) in [4.78, 5) is 19.0. The number of aryl methyl sites for hydroxylation is 1. The van der Waals surface area contributed by atoms with Gasteiger partial charge in [-0.15, -0.1) is 22.7 Å². The van der Waals surface area contributed by atoms with Crippen molar-refractivity contribution in [3.05, 3.63) is 43.5 Å². The zero-order valence-electron chi connectivity index (χ0n) is 11.1. The number of carbonyl (C=O) groups is 1. The van der Waals surface area contributed by atoms with E-state index in [1.54, 1.807) is 17.5 Å². The Labute approximate surface area is 138 Å². The highest BCUT2D eigenvalue weighted by atomic mass is 79.9. The molecule has 0 bridgehead atoms. The lowest BCUT2D eigenvalue weighted by atomic mass is 10.2. The summed E-state index contributed by atoms with van der Waals surface area (Å²) in [6.07, 6.45) is 1.73. The number of hydrogen-bond acceptors (Lipinski definition) is 5. The second kappa shape index (κ2) is 5.75. The Kier molecular flexibility index (Phi) is 3.97. The molecule has 0 aliphatic heterocycles. The lowest BCUT2D eigenvalue weighted by Crippen LogP contribution is -2.22. The van der Waals surface area contributed by atoms with Gasteiger partial charge in [0.2, 0.25) is 0 Å². The average molecular weight is 382 g/mol. The van der Waals surface area contributed by atoms with Crippen LogP contribution in [0.4, 0.5) is 5.69 Å². The molecule has 1 amide bonds. The molecule has 3 rings (SSSR count). The predicted octanol–water partition coefficient (Wildman–Crippen LogP) is 3.94. The zero-order valence-corrected chi connectivity index (χ0v) is 14.4. The molecule has 0 atom stereocenters. The summed E-state index contributed by atoms with van der Waals surface area (Å²) in [7, 11) is 0. The van der Waals surface area contributed by atoms with Crippen LogP contribution in [0, 0.1) is 6.92 Å². The molecule has 0 spiro atoms. The van der Waals surface area contributed by atoms with Gasteiger partial charge in [0.05, 0.1) is 12.2 Å². The van der Waals surface area contributed by atoms with Gasteiger partial charge in [0, 0.05) is 20.9 Å². The van der Waals surface area contributed by atoms with Gasteiger partial charge in [-0.1, -0.05) is 0 Å². The first kappa shape index (κ1) is 14.5. The Morgan fingerprint density at radius 3 is 2.95 bits per heavy atom. The number of pyridine rings is 1. The van der Waals surface area contributed by atoms with Gasteiger partial charge in [-0.3, -0.25) is 4.79 Å². The zero-order chi connectivity index (χ0) is 15.0. The molecule has 0 saturated heterocycles. The van der Waals surface area contributed by atoms with Crippen LogP contribution in [0.15, 0.2) is 28.2 Å². The van der Waals surface area contributed by atoms with E-state index in [0.29, 0.717) is 17.1 Å². The number of fused-ring (bicyclic) bond motifs is 1. The number of nitrogens with one attached hydrogen (secondary N) is 1. The fourth-order valence-corrected chi connectivity index (χ4v) is 4.55. The molecule has 21 heavy (non-hydrogen) atoms. The fraction of sp³-hybridized carbons (Fsp3) is 0.143. The molecule has 3 heterocycles. The number of rotatable bonds is 3. The molecule has 0 aliphatic rings. The highest BCUT2D eigenvalue weighted by Gasteiger charge is 2.18. The Bertz CT molecular complexity index is 825. The Morgan fingerprint density at radius 2 is 2.29 bits per heavy atom. The van der Waals surface area contributed by atoms with Crippen LogP contribution in [0.5, 0.6) is 0 Å². The van der Waals surface area contributed by atoms with E-state index in [9.17, 15) is 4.79 Å². The van der Waals surface area contributed by atoms with Gasteiger partial charge in [-0.25, -0.2) is 4.98 Å². The third kappa shape index (κ3) is 2.68. The summed E-state index contributed by atoms with van der Waals surface area (Å²) in [6, 6.07) is 3.86.